The van der Waals surface area contributed by atoms with Gasteiger partial charge >= 0.3 is 0 Å². The summed E-state index contributed by atoms with van der Waals surface area (Å²) in [6.07, 6.45) is 0. The minimum atomic E-state index is -3.50. The molecule has 0 spiro atoms. The van der Waals surface area contributed by atoms with E-state index in [1.54, 1.807) is 0 Å². The normalized spacial score (nSPS) is 12.2. The van der Waals surface area contributed by atoms with Gasteiger partial charge in [-0.15, -0.1) is 0 Å². The van der Waals surface area contributed by atoms with Gasteiger partial charge in [-0.05, 0) is 42.0 Å². The van der Waals surface area contributed by atoms with E-state index in [1.165, 1.54) is 38.4 Å². The van der Waals surface area contributed by atoms with Crippen LogP contribution < -0.4 is 5.32 Å². The van der Waals surface area contributed by atoms with Crippen molar-refractivity contribution >= 4 is 31.9 Å². The van der Waals surface area contributed by atoms with Crippen LogP contribution in [0.2, 0.25) is 0 Å². The first kappa shape index (κ1) is 20.6. The van der Waals surface area contributed by atoms with E-state index < -0.39 is 10.0 Å². The number of rotatable bonds is 6. The van der Waals surface area contributed by atoms with E-state index in [2.05, 4.69) is 35.1 Å². The van der Waals surface area contributed by atoms with Crippen LogP contribution in [0, 0.1) is 0 Å². The maximum atomic E-state index is 12.4. The van der Waals surface area contributed by atoms with Crippen LogP contribution >= 0.6 is 15.9 Å². The minimum absolute atomic E-state index is 0.161. The van der Waals surface area contributed by atoms with Gasteiger partial charge in [0.05, 0.1) is 4.90 Å². The predicted molar refractivity (Wildman–Crippen MR) is 107 cm³/mol. The van der Waals surface area contributed by atoms with E-state index in [4.69, 9.17) is 0 Å². The molecule has 140 valence electrons. The monoisotopic (exact) mass is 438 g/mol. The van der Waals surface area contributed by atoms with Crippen LogP contribution in [0.5, 0.6) is 0 Å². The maximum absolute atomic E-state index is 12.4. The number of hydrogen-bond acceptors (Lipinski definition) is 3. The summed E-state index contributed by atoms with van der Waals surface area (Å²) in [5, 5.41) is 2.92. The summed E-state index contributed by atoms with van der Waals surface area (Å²) in [7, 11) is -0.552. The average molecular weight is 439 g/mol. The lowest BCUT2D eigenvalue weighted by Crippen LogP contribution is -2.36. The molecule has 2 rings (SSSR count). The Morgan fingerprint density at radius 3 is 2.08 bits per heavy atom. The smallest absolute Gasteiger partial charge is 0.251 e. The molecule has 0 unspecified atom stereocenters. The Labute approximate surface area is 163 Å². The zero-order valence-corrected chi connectivity index (χ0v) is 17.7. The maximum Gasteiger partial charge on any atom is 0.251 e. The minimum Gasteiger partial charge on any atom is -0.351 e. The number of benzene rings is 2. The van der Waals surface area contributed by atoms with Gasteiger partial charge in [-0.1, -0.05) is 41.9 Å². The van der Waals surface area contributed by atoms with Crippen LogP contribution in [0.3, 0.4) is 0 Å². The van der Waals surface area contributed by atoms with E-state index in [1.807, 2.05) is 24.3 Å². The van der Waals surface area contributed by atoms with Crippen LogP contribution in [0.15, 0.2) is 57.9 Å². The first-order valence-electron chi connectivity index (χ1n) is 8.11. The van der Waals surface area contributed by atoms with Gasteiger partial charge in [0.15, 0.2) is 0 Å². The highest BCUT2D eigenvalue weighted by molar-refractivity contribution is 9.10. The Hall–Kier alpha value is -1.70. The van der Waals surface area contributed by atoms with Gasteiger partial charge < -0.3 is 5.32 Å². The molecular weight excluding hydrogens is 416 g/mol. The molecule has 0 bridgehead atoms. The average Bonchev–Trinajstić information content (AvgIpc) is 2.60. The van der Waals surface area contributed by atoms with Crippen molar-refractivity contribution in [3.05, 3.63) is 64.1 Å². The fraction of sp³-hybridized carbons (Fsp3) is 0.316. The highest BCUT2D eigenvalue weighted by Crippen LogP contribution is 2.24. The molecule has 0 radical (unpaired) electrons. The number of carbonyl (C=O) groups excluding carboxylic acids is 1. The summed E-state index contributed by atoms with van der Waals surface area (Å²) < 4.78 is 26.3. The van der Waals surface area contributed by atoms with E-state index in [0.29, 0.717) is 12.1 Å². The Balaban J connectivity index is 2.07. The van der Waals surface area contributed by atoms with Crippen LogP contribution in [0.1, 0.15) is 29.8 Å². The van der Waals surface area contributed by atoms with Crippen molar-refractivity contribution < 1.29 is 13.2 Å². The lowest BCUT2D eigenvalue weighted by atomic mass is 9.84. The van der Waals surface area contributed by atoms with Gasteiger partial charge in [0.25, 0.3) is 5.91 Å². The van der Waals surface area contributed by atoms with Crippen molar-refractivity contribution in [1.29, 1.82) is 0 Å². The topological polar surface area (TPSA) is 66.5 Å². The van der Waals surface area contributed by atoms with Gasteiger partial charge in [0.2, 0.25) is 10.0 Å². The molecule has 26 heavy (non-hydrogen) atoms. The van der Waals surface area contributed by atoms with Gasteiger partial charge in [-0.3, -0.25) is 4.79 Å². The van der Waals surface area contributed by atoms with Crippen molar-refractivity contribution in [2.24, 2.45) is 0 Å². The predicted octanol–water partition coefficient (Wildman–Crippen LogP) is 3.41. The largest absolute Gasteiger partial charge is 0.351 e. The summed E-state index contributed by atoms with van der Waals surface area (Å²) in [6, 6.07) is 13.9. The van der Waals surface area contributed by atoms with E-state index >= 15 is 0 Å². The molecule has 0 heterocycles. The molecule has 1 N–H and O–H groups in total. The van der Waals surface area contributed by atoms with E-state index in [0.717, 1.165) is 14.3 Å². The number of nitrogens with zero attached hydrogens (tertiary/aromatic N) is 1. The van der Waals surface area contributed by atoms with Crippen molar-refractivity contribution in [2.75, 3.05) is 20.6 Å². The second-order valence-electron chi connectivity index (χ2n) is 6.89. The fourth-order valence-electron chi connectivity index (χ4n) is 2.40. The molecule has 0 saturated carbocycles. The van der Waals surface area contributed by atoms with Gasteiger partial charge in [-0.2, -0.15) is 0 Å². The summed E-state index contributed by atoms with van der Waals surface area (Å²) in [5.41, 5.74) is 1.31. The van der Waals surface area contributed by atoms with Gasteiger partial charge in [0, 0.05) is 36.1 Å². The van der Waals surface area contributed by atoms with Crippen molar-refractivity contribution in [3.8, 4) is 0 Å². The molecule has 7 heteroatoms. The number of carbonyl (C=O) groups is 1. The van der Waals surface area contributed by atoms with Gasteiger partial charge in [-0.25, -0.2) is 12.7 Å². The van der Waals surface area contributed by atoms with Crippen molar-refractivity contribution in [3.63, 3.8) is 0 Å². The number of sulfonamides is 1. The molecule has 0 fully saturated rings. The number of halogens is 1. The summed E-state index contributed by atoms with van der Waals surface area (Å²) in [5.74, 6) is -0.232. The highest BCUT2D eigenvalue weighted by atomic mass is 79.9. The zero-order chi connectivity index (χ0) is 19.5. The third-order valence-electron chi connectivity index (χ3n) is 4.21. The van der Waals surface area contributed by atoms with Crippen molar-refractivity contribution in [2.45, 2.75) is 24.2 Å². The summed E-state index contributed by atoms with van der Waals surface area (Å²) >= 11 is 3.42. The molecule has 0 atom stereocenters. The fourth-order valence-corrected chi connectivity index (χ4v) is 3.56. The Kier molecular flexibility index (Phi) is 6.26. The first-order valence-corrected chi connectivity index (χ1v) is 10.3. The van der Waals surface area contributed by atoms with E-state index in [9.17, 15) is 13.2 Å². The quantitative estimate of drug-likeness (QED) is 0.751. The second kappa shape index (κ2) is 7.90. The molecule has 2 aromatic carbocycles. The van der Waals surface area contributed by atoms with Crippen LogP contribution in [-0.4, -0.2) is 39.3 Å². The third kappa shape index (κ3) is 4.72. The standard InChI is InChI=1S/C19H23BrN2O3S/c1-19(2,15-7-9-16(20)10-8-15)13-21-18(23)14-5-11-17(12-6-14)26(24,25)22(3)4/h5-12H,13H2,1-4H3,(H,21,23). The summed E-state index contributed by atoms with van der Waals surface area (Å²) in [6.45, 7) is 4.58. The molecule has 2 aromatic rings. The molecule has 0 aliphatic heterocycles. The number of amides is 1. The lowest BCUT2D eigenvalue weighted by molar-refractivity contribution is 0.0945. The van der Waals surface area contributed by atoms with Crippen LogP contribution in [-0.2, 0) is 15.4 Å². The molecule has 1 amide bonds. The zero-order valence-electron chi connectivity index (χ0n) is 15.3. The van der Waals surface area contributed by atoms with Crippen LogP contribution in [0.4, 0.5) is 0 Å². The molecule has 0 aliphatic rings. The molecule has 5 nitrogen and oxygen atoms in total. The Bertz CT molecular complexity index is 874. The lowest BCUT2D eigenvalue weighted by Gasteiger charge is -2.25. The number of nitrogens with one attached hydrogen (secondary N) is 1. The molecular formula is C19H23BrN2O3S. The van der Waals surface area contributed by atoms with Crippen molar-refractivity contribution in [1.82, 2.24) is 9.62 Å². The SMILES string of the molecule is CN(C)S(=O)(=O)c1ccc(C(=O)NCC(C)(C)c2ccc(Br)cc2)cc1. The molecule has 0 saturated heterocycles. The Morgan fingerprint density at radius 1 is 1.04 bits per heavy atom. The molecule has 0 aromatic heterocycles. The number of hydrogen-bond donors (Lipinski definition) is 1. The molecule has 0 aliphatic carbocycles. The van der Waals surface area contributed by atoms with Gasteiger partial charge in [0.1, 0.15) is 0 Å². The summed E-state index contributed by atoms with van der Waals surface area (Å²) in [4.78, 5) is 12.6. The highest BCUT2D eigenvalue weighted by Gasteiger charge is 2.22. The van der Waals surface area contributed by atoms with Crippen LogP contribution in [0.25, 0.3) is 0 Å². The first-order chi connectivity index (χ1) is 12.0. The third-order valence-corrected chi connectivity index (χ3v) is 6.57. The second-order valence-corrected chi connectivity index (χ2v) is 9.95. The van der Waals surface area contributed by atoms with E-state index in [-0.39, 0.29) is 16.2 Å². The Morgan fingerprint density at radius 2 is 1.58 bits per heavy atom.